The molecule has 0 saturated carbocycles. The number of aryl methyl sites for hydroxylation is 1. The number of aromatic nitrogens is 3. The molecule has 19 heavy (non-hydrogen) atoms. The van der Waals surface area contributed by atoms with Gasteiger partial charge in [0, 0.05) is 37.6 Å². The first kappa shape index (κ1) is 14.9. The van der Waals surface area contributed by atoms with Gasteiger partial charge in [0.2, 0.25) is 10.0 Å². The lowest BCUT2D eigenvalue weighted by Gasteiger charge is -2.30. The Hall–Kier alpha value is -0.470. The second-order valence-electron chi connectivity index (χ2n) is 5.00. The number of hydrogen-bond donors (Lipinski definition) is 0. The van der Waals surface area contributed by atoms with E-state index in [4.69, 9.17) is 0 Å². The summed E-state index contributed by atoms with van der Waals surface area (Å²) >= 11 is 3.37. The van der Waals surface area contributed by atoms with E-state index in [1.54, 1.807) is 4.31 Å². The van der Waals surface area contributed by atoms with Crippen molar-refractivity contribution in [1.29, 1.82) is 0 Å². The Morgan fingerprint density at radius 3 is 3.00 bits per heavy atom. The fourth-order valence-corrected chi connectivity index (χ4v) is 3.73. The van der Waals surface area contributed by atoms with E-state index in [9.17, 15) is 8.42 Å². The van der Waals surface area contributed by atoms with Gasteiger partial charge in [0.1, 0.15) is 0 Å². The van der Waals surface area contributed by atoms with Crippen LogP contribution in [0.3, 0.4) is 0 Å². The summed E-state index contributed by atoms with van der Waals surface area (Å²) in [5, 5.41) is 9.06. The fraction of sp³-hybridized carbons (Fsp3) is 0.818. The van der Waals surface area contributed by atoms with E-state index in [0.29, 0.717) is 19.0 Å². The molecular weight excluding hydrogens is 332 g/mol. The molecule has 0 aromatic carbocycles. The molecule has 0 spiro atoms. The van der Waals surface area contributed by atoms with Gasteiger partial charge in [0.05, 0.1) is 11.9 Å². The van der Waals surface area contributed by atoms with Crippen LogP contribution in [-0.4, -0.2) is 52.4 Å². The molecule has 1 fully saturated rings. The van der Waals surface area contributed by atoms with Gasteiger partial charge >= 0.3 is 0 Å². The summed E-state index contributed by atoms with van der Waals surface area (Å²) in [6.07, 6.45) is 6.04. The predicted octanol–water partition coefficient (Wildman–Crippen LogP) is 0.887. The summed E-state index contributed by atoms with van der Waals surface area (Å²) in [5.41, 5.74) is 0.965. The van der Waals surface area contributed by atoms with Gasteiger partial charge in [0.15, 0.2) is 0 Å². The monoisotopic (exact) mass is 350 g/mol. The van der Waals surface area contributed by atoms with Gasteiger partial charge in [-0.2, -0.15) is 0 Å². The molecule has 1 aromatic rings. The van der Waals surface area contributed by atoms with Gasteiger partial charge in [-0.05, 0) is 18.8 Å². The molecule has 2 rings (SSSR count). The molecule has 0 N–H and O–H groups in total. The van der Waals surface area contributed by atoms with Crippen LogP contribution in [0.5, 0.6) is 0 Å². The van der Waals surface area contributed by atoms with Crippen molar-refractivity contribution < 1.29 is 8.42 Å². The molecule has 0 aliphatic carbocycles. The smallest absolute Gasteiger partial charge is 0.211 e. The maximum absolute atomic E-state index is 11.6. The Morgan fingerprint density at radius 2 is 2.32 bits per heavy atom. The summed E-state index contributed by atoms with van der Waals surface area (Å²) < 4.78 is 26.5. The van der Waals surface area contributed by atoms with Crippen molar-refractivity contribution in [3.63, 3.8) is 0 Å². The highest BCUT2D eigenvalue weighted by Crippen LogP contribution is 2.20. The molecule has 8 heteroatoms. The number of alkyl halides is 1. The van der Waals surface area contributed by atoms with E-state index in [0.717, 1.165) is 36.8 Å². The lowest BCUT2D eigenvalue weighted by Crippen LogP contribution is -2.40. The van der Waals surface area contributed by atoms with E-state index in [-0.39, 0.29) is 0 Å². The Morgan fingerprint density at radius 1 is 1.53 bits per heavy atom. The van der Waals surface area contributed by atoms with Crippen molar-refractivity contribution in [2.45, 2.75) is 25.8 Å². The Kier molecular flexibility index (Phi) is 4.97. The highest BCUT2D eigenvalue weighted by molar-refractivity contribution is 9.09. The van der Waals surface area contributed by atoms with Crippen molar-refractivity contribution >= 4 is 26.0 Å². The van der Waals surface area contributed by atoms with Crippen molar-refractivity contribution in [3.05, 3.63) is 11.9 Å². The number of hydrogen-bond acceptors (Lipinski definition) is 4. The van der Waals surface area contributed by atoms with E-state index in [2.05, 4.69) is 26.2 Å². The minimum atomic E-state index is -3.07. The first-order valence-electron chi connectivity index (χ1n) is 6.39. The topological polar surface area (TPSA) is 68.1 Å². The molecule has 1 aliphatic heterocycles. The Bertz CT molecular complexity index is 517. The quantitative estimate of drug-likeness (QED) is 0.739. The van der Waals surface area contributed by atoms with E-state index >= 15 is 0 Å². The summed E-state index contributed by atoms with van der Waals surface area (Å²) in [5.74, 6) is 0.321. The first-order valence-corrected chi connectivity index (χ1v) is 9.36. The number of halogens is 1. The summed E-state index contributed by atoms with van der Waals surface area (Å²) in [7, 11) is -3.07. The summed E-state index contributed by atoms with van der Waals surface area (Å²) in [6.45, 7) is 1.97. The fourth-order valence-electron chi connectivity index (χ4n) is 2.38. The molecule has 108 valence electrons. The van der Waals surface area contributed by atoms with E-state index in [1.165, 1.54) is 6.26 Å². The number of piperidine rings is 1. The first-order chi connectivity index (χ1) is 8.99. The lowest BCUT2D eigenvalue weighted by molar-refractivity contribution is 0.239. The molecule has 1 aliphatic rings. The van der Waals surface area contributed by atoms with E-state index in [1.807, 2.05) is 10.9 Å². The van der Waals surface area contributed by atoms with E-state index < -0.39 is 10.0 Å². The average molecular weight is 351 g/mol. The highest BCUT2D eigenvalue weighted by Gasteiger charge is 2.26. The van der Waals surface area contributed by atoms with Gasteiger partial charge in [0.25, 0.3) is 0 Å². The molecular formula is C11H19BrN4O2S. The maximum atomic E-state index is 11.6. The second kappa shape index (κ2) is 6.32. The van der Waals surface area contributed by atoms with Crippen molar-refractivity contribution in [3.8, 4) is 0 Å². The van der Waals surface area contributed by atoms with Crippen LogP contribution >= 0.6 is 15.9 Å². The number of nitrogens with zero attached hydrogens (tertiary/aromatic N) is 4. The number of rotatable bonds is 5. The molecule has 0 amide bonds. The third kappa shape index (κ3) is 4.25. The van der Waals surface area contributed by atoms with Crippen molar-refractivity contribution in [1.82, 2.24) is 19.3 Å². The molecule has 0 bridgehead atoms. The normalized spacial score (nSPS) is 21.7. The molecule has 1 aromatic heterocycles. The highest BCUT2D eigenvalue weighted by atomic mass is 79.9. The van der Waals surface area contributed by atoms with Crippen molar-refractivity contribution in [2.75, 3.05) is 24.7 Å². The molecule has 1 atom stereocenters. The molecule has 6 nitrogen and oxygen atoms in total. The lowest BCUT2D eigenvalue weighted by atomic mass is 10.00. The zero-order valence-electron chi connectivity index (χ0n) is 11.0. The summed E-state index contributed by atoms with van der Waals surface area (Å²) in [4.78, 5) is 0. The molecule has 1 saturated heterocycles. The number of sulfonamides is 1. The SMILES string of the molecule is CS(=O)(=O)N1CCCC(Cn2cc(CCBr)nn2)C1. The van der Waals surface area contributed by atoms with Gasteiger partial charge < -0.3 is 0 Å². The molecule has 2 heterocycles. The minimum Gasteiger partial charge on any atom is -0.252 e. The average Bonchev–Trinajstić information content (AvgIpc) is 2.76. The van der Waals surface area contributed by atoms with Crippen LogP contribution in [0, 0.1) is 5.92 Å². The largest absolute Gasteiger partial charge is 0.252 e. The van der Waals surface area contributed by atoms with Crippen LogP contribution in [0.25, 0.3) is 0 Å². The van der Waals surface area contributed by atoms with Crippen LogP contribution in [0.15, 0.2) is 6.20 Å². The molecule has 1 unspecified atom stereocenters. The van der Waals surface area contributed by atoms with Gasteiger partial charge in [-0.3, -0.25) is 4.68 Å². The third-order valence-corrected chi connectivity index (χ3v) is 5.00. The van der Waals surface area contributed by atoms with Gasteiger partial charge in [-0.25, -0.2) is 12.7 Å². The van der Waals surface area contributed by atoms with Gasteiger partial charge in [-0.15, -0.1) is 5.10 Å². The summed E-state index contributed by atoms with van der Waals surface area (Å²) in [6, 6.07) is 0. The molecule has 0 radical (unpaired) electrons. The van der Waals surface area contributed by atoms with Crippen LogP contribution in [-0.2, 0) is 23.0 Å². The van der Waals surface area contributed by atoms with Crippen LogP contribution < -0.4 is 0 Å². The van der Waals surface area contributed by atoms with Crippen LogP contribution in [0.2, 0.25) is 0 Å². The van der Waals surface area contributed by atoms with Crippen LogP contribution in [0.4, 0.5) is 0 Å². The zero-order valence-corrected chi connectivity index (χ0v) is 13.4. The standard InChI is InChI=1S/C11H19BrN4O2S/c1-19(17,18)16-6-2-3-10(8-16)7-15-9-11(4-5-12)13-14-15/h9-10H,2-8H2,1H3. The zero-order chi connectivity index (χ0) is 13.9. The van der Waals surface area contributed by atoms with Crippen molar-refractivity contribution in [2.24, 2.45) is 5.92 Å². The van der Waals surface area contributed by atoms with Crippen LogP contribution in [0.1, 0.15) is 18.5 Å². The maximum Gasteiger partial charge on any atom is 0.211 e. The second-order valence-corrected chi connectivity index (χ2v) is 7.78. The predicted molar refractivity (Wildman–Crippen MR) is 76.7 cm³/mol. The minimum absolute atomic E-state index is 0.321. The third-order valence-electron chi connectivity index (χ3n) is 3.33. The van der Waals surface area contributed by atoms with Gasteiger partial charge in [-0.1, -0.05) is 21.1 Å². The Balaban J connectivity index is 1.94. The Labute approximate surface area is 122 Å².